The lowest BCUT2D eigenvalue weighted by Gasteiger charge is -2.44. The summed E-state index contributed by atoms with van der Waals surface area (Å²) in [5.41, 5.74) is -0.218. The summed E-state index contributed by atoms with van der Waals surface area (Å²) in [6, 6.07) is 6.52. The quantitative estimate of drug-likeness (QED) is 0.746. The Morgan fingerprint density at radius 1 is 1.23 bits per heavy atom. The molecule has 0 bridgehead atoms. The second-order valence-corrected chi connectivity index (χ2v) is 9.68. The van der Waals surface area contributed by atoms with E-state index in [1.54, 1.807) is 28.6 Å². The van der Waals surface area contributed by atoms with Crippen molar-refractivity contribution in [2.75, 3.05) is 6.54 Å². The van der Waals surface area contributed by atoms with Gasteiger partial charge in [0.05, 0.1) is 4.90 Å². The number of carbonyl (C=O) groups excluding carboxylic acids is 1. The van der Waals surface area contributed by atoms with Crippen LogP contribution in [0.15, 0.2) is 33.6 Å². The summed E-state index contributed by atoms with van der Waals surface area (Å²) in [4.78, 5) is 11.4. The van der Waals surface area contributed by atoms with E-state index in [4.69, 9.17) is 0 Å². The predicted octanol–water partition coefficient (Wildman–Crippen LogP) is 3.46. The molecule has 1 aromatic rings. The number of benzene rings is 1. The molecule has 122 valence electrons. The van der Waals surface area contributed by atoms with Gasteiger partial charge in [-0.05, 0) is 42.5 Å². The van der Waals surface area contributed by atoms with Crippen LogP contribution in [0, 0.1) is 11.3 Å². The van der Waals surface area contributed by atoms with Crippen LogP contribution < -0.4 is 0 Å². The lowest BCUT2D eigenvalue weighted by molar-refractivity contribution is -0.113. The van der Waals surface area contributed by atoms with Crippen molar-refractivity contribution in [3.63, 3.8) is 0 Å². The standard InChI is InChI=1S/C16H22BrNO3S/c1-16(2,3)15-10-12(11-19)8-9-18(15)22(20,21)14-6-4-13(17)5-7-14/h4-7,11-12,15H,8-10H2,1-3H3. The van der Waals surface area contributed by atoms with Gasteiger partial charge in [-0.3, -0.25) is 0 Å². The van der Waals surface area contributed by atoms with Gasteiger partial charge in [0.25, 0.3) is 0 Å². The topological polar surface area (TPSA) is 54.5 Å². The summed E-state index contributed by atoms with van der Waals surface area (Å²) in [5.74, 6) is -0.0550. The Hall–Kier alpha value is -0.720. The molecule has 6 heteroatoms. The van der Waals surface area contributed by atoms with Crippen LogP contribution in [0.1, 0.15) is 33.6 Å². The summed E-state index contributed by atoms with van der Waals surface area (Å²) in [7, 11) is -3.55. The molecule has 2 rings (SSSR count). The minimum absolute atomic E-state index is 0.0550. The van der Waals surface area contributed by atoms with E-state index in [2.05, 4.69) is 15.9 Å². The third-order valence-electron chi connectivity index (χ3n) is 4.21. The zero-order valence-corrected chi connectivity index (χ0v) is 15.5. The zero-order chi connectivity index (χ0) is 16.5. The number of rotatable bonds is 3. The molecular formula is C16H22BrNO3S. The van der Waals surface area contributed by atoms with Crippen molar-refractivity contribution in [1.82, 2.24) is 4.31 Å². The van der Waals surface area contributed by atoms with Gasteiger partial charge in [-0.15, -0.1) is 0 Å². The first-order valence-corrected chi connectivity index (χ1v) is 9.62. The van der Waals surface area contributed by atoms with Crippen molar-refractivity contribution in [2.45, 2.75) is 44.6 Å². The highest BCUT2D eigenvalue weighted by Gasteiger charge is 2.42. The zero-order valence-electron chi connectivity index (χ0n) is 13.1. The number of hydrogen-bond acceptors (Lipinski definition) is 3. The van der Waals surface area contributed by atoms with Gasteiger partial charge in [0.15, 0.2) is 0 Å². The minimum Gasteiger partial charge on any atom is -0.303 e. The SMILES string of the molecule is CC(C)(C)C1CC(C=O)CCN1S(=O)(=O)c1ccc(Br)cc1. The van der Waals surface area contributed by atoms with E-state index in [1.165, 1.54) is 0 Å². The fraction of sp³-hybridized carbons (Fsp3) is 0.562. The van der Waals surface area contributed by atoms with Crippen LogP contribution in [0.4, 0.5) is 0 Å². The van der Waals surface area contributed by atoms with Crippen molar-refractivity contribution in [2.24, 2.45) is 11.3 Å². The molecule has 1 aliphatic heterocycles. The minimum atomic E-state index is -3.55. The molecule has 2 unspecified atom stereocenters. The lowest BCUT2D eigenvalue weighted by Crippen LogP contribution is -2.52. The largest absolute Gasteiger partial charge is 0.303 e. The first-order chi connectivity index (χ1) is 10.2. The fourth-order valence-corrected chi connectivity index (χ4v) is 5.01. The molecule has 0 saturated carbocycles. The van der Waals surface area contributed by atoms with Crippen LogP contribution in [0.2, 0.25) is 0 Å². The van der Waals surface area contributed by atoms with Gasteiger partial charge in [-0.2, -0.15) is 4.31 Å². The smallest absolute Gasteiger partial charge is 0.243 e. The monoisotopic (exact) mass is 387 g/mol. The Labute approximate surface area is 141 Å². The Morgan fingerprint density at radius 2 is 1.82 bits per heavy atom. The average molecular weight is 388 g/mol. The Kier molecular flexibility index (Phi) is 5.14. The normalized spacial score (nSPS) is 24.2. The van der Waals surface area contributed by atoms with Crippen molar-refractivity contribution in [1.29, 1.82) is 0 Å². The molecular weight excluding hydrogens is 366 g/mol. The van der Waals surface area contributed by atoms with Crippen LogP contribution in [0.3, 0.4) is 0 Å². The summed E-state index contributed by atoms with van der Waals surface area (Å²) >= 11 is 3.32. The van der Waals surface area contributed by atoms with Gasteiger partial charge in [0.2, 0.25) is 10.0 Å². The molecule has 0 amide bonds. The molecule has 22 heavy (non-hydrogen) atoms. The summed E-state index contributed by atoms with van der Waals surface area (Å²) in [5, 5.41) is 0. The van der Waals surface area contributed by atoms with Crippen LogP contribution >= 0.6 is 15.9 Å². The van der Waals surface area contributed by atoms with E-state index in [0.717, 1.165) is 10.8 Å². The third kappa shape index (κ3) is 3.60. The van der Waals surface area contributed by atoms with E-state index in [0.29, 0.717) is 24.3 Å². The molecule has 1 fully saturated rings. The van der Waals surface area contributed by atoms with Crippen LogP contribution in [-0.4, -0.2) is 31.6 Å². The predicted molar refractivity (Wildman–Crippen MR) is 90.1 cm³/mol. The maximum atomic E-state index is 13.0. The van der Waals surface area contributed by atoms with Gasteiger partial charge < -0.3 is 4.79 Å². The molecule has 1 saturated heterocycles. The Morgan fingerprint density at radius 3 is 2.32 bits per heavy atom. The number of nitrogens with zero attached hydrogens (tertiary/aromatic N) is 1. The molecule has 0 spiro atoms. The molecule has 1 aromatic carbocycles. The van der Waals surface area contributed by atoms with E-state index < -0.39 is 10.0 Å². The van der Waals surface area contributed by atoms with Gasteiger partial charge in [-0.1, -0.05) is 36.7 Å². The number of sulfonamides is 1. The number of aldehydes is 1. The van der Waals surface area contributed by atoms with E-state index >= 15 is 0 Å². The Bertz CT molecular complexity index is 634. The van der Waals surface area contributed by atoms with Crippen LogP contribution in [0.25, 0.3) is 0 Å². The molecule has 0 radical (unpaired) electrons. The maximum absolute atomic E-state index is 13.0. The van der Waals surface area contributed by atoms with Gasteiger partial charge >= 0.3 is 0 Å². The number of carbonyl (C=O) groups is 1. The number of hydrogen-bond donors (Lipinski definition) is 0. The van der Waals surface area contributed by atoms with Crippen LogP contribution in [-0.2, 0) is 14.8 Å². The second kappa shape index (κ2) is 6.42. The molecule has 0 aromatic heterocycles. The highest BCUT2D eigenvalue weighted by molar-refractivity contribution is 9.10. The van der Waals surface area contributed by atoms with Crippen LogP contribution in [0.5, 0.6) is 0 Å². The summed E-state index contributed by atoms with van der Waals surface area (Å²) < 4.78 is 28.4. The summed E-state index contributed by atoms with van der Waals surface area (Å²) in [6.07, 6.45) is 2.14. The first-order valence-electron chi connectivity index (χ1n) is 7.39. The van der Waals surface area contributed by atoms with Crippen molar-refractivity contribution < 1.29 is 13.2 Å². The Balaban J connectivity index is 2.39. The fourth-order valence-electron chi connectivity index (χ4n) is 2.91. The molecule has 2 atom stereocenters. The molecule has 4 nitrogen and oxygen atoms in total. The molecule has 1 aliphatic rings. The van der Waals surface area contributed by atoms with E-state index in [-0.39, 0.29) is 17.4 Å². The van der Waals surface area contributed by atoms with Crippen molar-refractivity contribution >= 4 is 32.2 Å². The average Bonchev–Trinajstić information content (AvgIpc) is 2.46. The maximum Gasteiger partial charge on any atom is 0.243 e. The van der Waals surface area contributed by atoms with E-state index in [9.17, 15) is 13.2 Å². The van der Waals surface area contributed by atoms with Gasteiger partial charge in [0.1, 0.15) is 6.29 Å². The second-order valence-electron chi connectivity index (χ2n) is 6.87. The highest BCUT2D eigenvalue weighted by Crippen LogP contribution is 2.37. The number of halogens is 1. The highest BCUT2D eigenvalue weighted by atomic mass is 79.9. The lowest BCUT2D eigenvalue weighted by atomic mass is 9.78. The molecule has 0 N–H and O–H groups in total. The van der Waals surface area contributed by atoms with E-state index in [1.807, 2.05) is 20.8 Å². The van der Waals surface area contributed by atoms with Gasteiger partial charge in [-0.25, -0.2) is 8.42 Å². The van der Waals surface area contributed by atoms with Crippen molar-refractivity contribution in [3.05, 3.63) is 28.7 Å². The number of piperidine rings is 1. The molecule has 1 heterocycles. The van der Waals surface area contributed by atoms with Gasteiger partial charge in [0, 0.05) is 23.0 Å². The first kappa shape index (κ1) is 17.6. The van der Waals surface area contributed by atoms with Crippen molar-refractivity contribution in [3.8, 4) is 0 Å². The third-order valence-corrected chi connectivity index (χ3v) is 6.66. The summed E-state index contributed by atoms with van der Waals surface area (Å²) in [6.45, 7) is 6.46. The molecule has 0 aliphatic carbocycles.